The van der Waals surface area contributed by atoms with Crippen LogP contribution in [-0.2, 0) is 22.6 Å². The Morgan fingerprint density at radius 1 is 1.16 bits per heavy atom. The van der Waals surface area contributed by atoms with Crippen molar-refractivity contribution in [2.45, 2.75) is 30.3 Å². The molecule has 2 fully saturated rings. The first-order chi connectivity index (χ1) is 12.2. The molecule has 2 aliphatic heterocycles. The van der Waals surface area contributed by atoms with E-state index in [0.717, 1.165) is 36.7 Å². The third-order valence-corrected chi connectivity index (χ3v) is 6.31. The van der Waals surface area contributed by atoms with E-state index in [0.29, 0.717) is 13.0 Å². The van der Waals surface area contributed by atoms with Crippen molar-refractivity contribution in [2.24, 2.45) is 0 Å². The third-order valence-electron chi connectivity index (χ3n) is 4.74. The first-order valence-corrected chi connectivity index (χ1v) is 9.54. The predicted molar refractivity (Wildman–Crippen MR) is 97.1 cm³/mol. The van der Waals surface area contributed by atoms with Crippen molar-refractivity contribution in [2.75, 3.05) is 18.8 Å². The van der Waals surface area contributed by atoms with Gasteiger partial charge in [-0.1, -0.05) is 12.1 Å². The third kappa shape index (κ3) is 3.85. The van der Waals surface area contributed by atoms with E-state index >= 15 is 0 Å². The maximum atomic E-state index is 12.4. The molecule has 1 spiro atoms. The van der Waals surface area contributed by atoms with E-state index in [4.69, 9.17) is 4.74 Å². The summed E-state index contributed by atoms with van der Waals surface area (Å²) in [7, 11) is 0. The van der Waals surface area contributed by atoms with Crippen molar-refractivity contribution in [1.29, 1.82) is 0 Å². The molecule has 0 aromatic carbocycles. The number of hydrogen-bond acceptors (Lipinski definition) is 5. The molecule has 1 unspecified atom stereocenters. The Morgan fingerprint density at radius 2 is 1.88 bits per heavy atom. The van der Waals surface area contributed by atoms with Gasteiger partial charge in [-0.2, -0.15) is 0 Å². The molecule has 25 heavy (non-hydrogen) atoms. The molecule has 2 aliphatic rings. The van der Waals surface area contributed by atoms with E-state index in [1.165, 1.54) is 0 Å². The lowest BCUT2D eigenvalue weighted by Crippen LogP contribution is -2.61. The van der Waals surface area contributed by atoms with Crippen molar-refractivity contribution in [3.05, 3.63) is 60.2 Å². The number of amides is 1. The first-order valence-electron chi connectivity index (χ1n) is 8.56. The van der Waals surface area contributed by atoms with Crippen LogP contribution in [0.1, 0.15) is 17.8 Å². The highest BCUT2D eigenvalue weighted by Crippen LogP contribution is 2.46. The van der Waals surface area contributed by atoms with Crippen molar-refractivity contribution < 1.29 is 9.53 Å². The molecule has 6 heteroatoms. The van der Waals surface area contributed by atoms with Crippen molar-refractivity contribution in [3.8, 4) is 0 Å². The number of pyridine rings is 2. The van der Waals surface area contributed by atoms with Crippen LogP contribution < -0.4 is 0 Å². The SMILES string of the molecule is O=C(Cc1ccccn1)N1CC2(CC(OCc3ccccn3)CS2)C1. The summed E-state index contributed by atoms with van der Waals surface area (Å²) in [4.78, 5) is 22.8. The number of carbonyl (C=O) groups is 1. The van der Waals surface area contributed by atoms with Crippen LogP contribution in [0.15, 0.2) is 48.8 Å². The standard InChI is InChI=1S/C19H21N3O2S/c23-18(9-15-5-1-3-7-20-15)22-13-19(14-22)10-17(12-25-19)24-11-16-6-2-4-8-21-16/h1-8,17H,9-14H2. The van der Waals surface area contributed by atoms with Crippen LogP contribution in [0.2, 0.25) is 0 Å². The van der Waals surface area contributed by atoms with Gasteiger partial charge in [0.05, 0.1) is 29.6 Å². The Hall–Kier alpha value is -1.92. The summed E-state index contributed by atoms with van der Waals surface area (Å²) >= 11 is 1.95. The Labute approximate surface area is 151 Å². The van der Waals surface area contributed by atoms with Crippen LogP contribution in [0.5, 0.6) is 0 Å². The highest BCUT2D eigenvalue weighted by atomic mass is 32.2. The second-order valence-corrected chi connectivity index (χ2v) is 8.19. The minimum Gasteiger partial charge on any atom is -0.371 e. The number of nitrogens with zero attached hydrogens (tertiary/aromatic N) is 3. The number of likely N-dealkylation sites (tertiary alicyclic amines) is 1. The minimum absolute atomic E-state index is 0.169. The summed E-state index contributed by atoms with van der Waals surface area (Å²) in [5, 5.41) is 0. The van der Waals surface area contributed by atoms with Gasteiger partial charge in [0.1, 0.15) is 0 Å². The monoisotopic (exact) mass is 355 g/mol. The molecular formula is C19H21N3O2S. The van der Waals surface area contributed by atoms with Gasteiger partial charge in [-0.15, -0.1) is 11.8 Å². The smallest absolute Gasteiger partial charge is 0.228 e. The number of thioether (sulfide) groups is 1. The van der Waals surface area contributed by atoms with Gasteiger partial charge in [0.15, 0.2) is 0 Å². The fraction of sp³-hybridized carbons (Fsp3) is 0.421. The van der Waals surface area contributed by atoms with E-state index in [1.54, 1.807) is 12.4 Å². The van der Waals surface area contributed by atoms with Crippen molar-refractivity contribution in [1.82, 2.24) is 14.9 Å². The lowest BCUT2D eigenvalue weighted by molar-refractivity contribution is -0.136. The summed E-state index contributed by atoms with van der Waals surface area (Å²) in [6.45, 7) is 2.21. The lowest BCUT2D eigenvalue weighted by atomic mass is 9.92. The molecule has 0 bridgehead atoms. The molecule has 0 saturated carbocycles. The van der Waals surface area contributed by atoms with Gasteiger partial charge in [0, 0.05) is 36.9 Å². The fourth-order valence-corrected chi connectivity index (χ4v) is 4.96. The summed E-state index contributed by atoms with van der Waals surface area (Å²) in [5.74, 6) is 1.16. The average Bonchev–Trinajstić information content (AvgIpc) is 3.05. The average molecular weight is 355 g/mol. The van der Waals surface area contributed by atoms with E-state index in [9.17, 15) is 4.79 Å². The molecule has 5 nitrogen and oxygen atoms in total. The Morgan fingerprint density at radius 3 is 2.56 bits per heavy atom. The lowest BCUT2D eigenvalue weighted by Gasteiger charge is -2.47. The number of hydrogen-bond donors (Lipinski definition) is 0. The molecule has 130 valence electrons. The largest absolute Gasteiger partial charge is 0.371 e. The minimum atomic E-state index is 0.169. The normalized spacial score (nSPS) is 21.3. The highest BCUT2D eigenvalue weighted by Gasteiger charge is 2.50. The Kier molecular flexibility index (Phi) is 4.72. The number of carbonyl (C=O) groups excluding carboxylic acids is 1. The maximum absolute atomic E-state index is 12.4. The van der Waals surface area contributed by atoms with Gasteiger partial charge >= 0.3 is 0 Å². The predicted octanol–water partition coefficient (Wildman–Crippen LogP) is 2.32. The summed E-state index contributed by atoms with van der Waals surface area (Å²) in [6.07, 6.45) is 5.18. The second-order valence-electron chi connectivity index (χ2n) is 6.70. The fourth-order valence-electron chi connectivity index (χ4n) is 3.41. The van der Waals surface area contributed by atoms with Gasteiger partial charge in [-0.25, -0.2) is 0 Å². The van der Waals surface area contributed by atoms with Crippen LogP contribution >= 0.6 is 11.8 Å². The van der Waals surface area contributed by atoms with Gasteiger partial charge < -0.3 is 9.64 Å². The Bertz CT molecular complexity index is 720. The topological polar surface area (TPSA) is 55.3 Å². The van der Waals surface area contributed by atoms with Gasteiger partial charge in [-0.3, -0.25) is 14.8 Å². The van der Waals surface area contributed by atoms with Gasteiger partial charge in [0.25, 0.3) is 0 Å². The molecule has 4 heterocycles. The van der Waals surface area contributed by atoms with Crippen LogP contribution in [0.25, 0.3) is 0 Å². The van der Waals surface area contributed by atoms with Crippen molar-refractivity contribution >= 4 is 17.7 Å². The van der Waals surface area contributed by atoms with E-state index in [1.807, 2.05) is 53.1 Å². The first kappa shape index (κ1) is 16.5. The molecule has 1 amide bonds. The maximum Gasteiger partial charge on any atom is 0.228 e. The zero-order valence-electron chi connectivity index (χ0n) is 14.0. The van der Waals surface area contributed by atoms with E-state index in [2.05, 4.69) is 9.97 Å². The van der Waals surface area contributed by atoms with E-state index < -0.39 is 0 Å². The molecule has 0 N–H and O–H groups in total. The van der Waals surface area contributed by atoms with Crippen LogP contribution in [-0.4, -0.2) is 50.5 Å². The van der Waals surface area contributed by atoms with E-state index in [-0.39, 0.29) is 16.8 Å². The molecule has 2 saturated heterocycles. The number of ether oxygens (including phenoxy) is 1. The van der Waals surface area contributed by atoms with Crippen LogP contribution in [0.4, 0.5) is 0 Å². The molecule has 1 atom stereocenters. The second kappa shape index (κ2) is 7.14. The molecule has 2 aromatic rings. The Balaban J connectivity index is 1.24. The molecule has 2 aromatic heterocycles. The van der Waals surface area contributed by atoms with Crippen LogP contribution in [0.3, 0.4) is 0 Å². The van der Waals surface area contributed by atoms with Crippen LogP contribution in [0, 0.1) is 0 Å². The summed E-state index contributed by atoms with van der Waals surface area (Å²) in [5.41, 5.74) is 1.80. The summed E-state index contributed by atoms with van der Waals surface area (Å²) < 4.78 is 6.20. The van der Waals surface area contributed by atoms with Gasteiger partial charge in [-0.05, 0) is 30.7 Å². The highest BCUT2D eigenvalue weighted by molar-refractivity contribution is 8.01. The zero-order valence-corrected chi connectivity index (χ0v) is 14.8. The molecule has 4 rings (SSSR count). The zero-order chi connectivity index (χ0) is 17.1. The molecule has 0 radical (unpaired) electrons. The number of aromatic nitrogens is 2. The quantitative estimate of drug-likeness (QED) is 0.824. The molecular weight excluding hydrogens is 334 g/mol. The van der Waals surface area contributed by atoms with Gasteiger partial charge in [0.2, 0.25) is 5.91 Å². The summed E-state index contributed by atoms with van der Waals surface area (Å²) in [6, 6.07) is 11.6. The van der Waals surface area contributed by atoms with Crippen molar-refractivity contribution in [3.63, 3.8) is 0 Å². The molecule has 0 aliphatic carbocycles. The number of rotatable bonds is 5.